The standard InChI is InChI=1S/C24H22Cl2N2O7S/c1-33-21-11-9-18(13-22(21)34-2)36(31,32)28(17-7-4-15(25)5-8-17)14-23(29)27-16-6-10-20(26)19(12-16)24(30)35-3/h4-13H,14H2,1-3H3,(H,27,29). The Balaban J connectivity index is 1.97. The van der Waals surface area contributed by atoms with Crippen molar-refractivity contribution in [2.45, 2.75) is 4.90 Å². The maximum atomic E-state index is 13.6. The number of carbonyl (C=O) groups excluding carboxylic acids is 2. The highest BCUT2D eigenvalue weighted by Gasteiger charge is 2.28. The second kappa shape index (κ2) is 11.5. The number of hydrogen-bond acceptors (Lipinski definition) is 7. The molecule has 0 aliphatic heterocycles. The molecule has 0 heterocycles. The zero-order chi connectivity index (χ0) is 26.5. The fraction of sp³-hybridized carbons (Fsp3) is 0.167. The van der Waals surface area contributed by atoms with Crippen LogP contribution in [0, 0.1) is 0 Å². The molecule has 0 aliphatic carbocycles. The summed E-state index contributed by atoms with van der Waals surface area (Å²) in [6.07, 6.45) is 0. The van der Waals surface area contributed by atoms with Gasteiger partial charge in [-0.3, -0.25) is 9.10 Å². The molecule has 190 valence electrons. The summed E-state index contributed by atoms with van der Waals surface area (Å²) >= 11 is 12.0. The number of carbonyl (C=O) groups is 2. The molecule has 0 radical (unpaired) electrons. The van der Waals surface area contributed by atoms with Crippen LogP contribution in [-0.4, -0.2) is 48.2 Å². The van der Waals surface area contributed by atoms with Crippen LogP contribution >= 0.6 is 23.2 Å². The van der Waals surface area contributed by atoms with Gasteiger partial charge in [0.2, 0.25) is 5.91 Å². The van der Waals surface area contributed by atoms with Crippen molar-refractivity contribution < 1.29 is 32.2 Å². The summed E-state index contributed by atoms with van der Waals surface area (Å²) in [4.78, 5) is 24.8. The van der Waals surface area contributed by atoms with Crippen molar-refractivity contribution >= 4 is 56.5 Å². The Morgan fingerprint density at radius 3 is 2.17 bits per heavy atom. The Morgan fingerprint density at radius 1 is 0.889 bits per heavy atom. The zero-order valence-corrected chi connectivity index (χ0v) is 21.8. The Bertz CT molecular complexity index is 1380. The van der Waals surface area contributed by atoms with Crippen LogP contribution in [0.4, 0.5) is 11.4 Å². The van der Waals surface area contributed by atoms with E-state index in [1.165, 1.54) is 82.0 Å². The third kappa shape index (κ3) is 6.01. The van der Waals surface area contributed by atoms with E-state index in [1.807, 2.05) is 0 Å². The van der Waals surface area contributed by atoms with Gasteiger partial charge in [-0.05, 0) is 54.6 Å². The zero-order valence-electron chi connectivity index (χ0n) is 19.4. The van der Waals surface area contributed by atoms with Crippen LogP contribution in [-0.2, 0) is 19.6 Å². The van der Waals surface area contributed by atoms with Gasteiger partial charge >= 0.3 is 5.97 Å². The normalized spacial score (nSPS) is 10.9. The van der Waals surface area contributed by atoms with Crippen molar-refractivity contribution in [1.29, 1.82) is 0 Å². The van der Waals surface area contributed by atoms with Gasteiger partial charge < -0.3 is 19.5 Å². The monoisotopic (exact) mass is 552 g/mol. The van der Waals surface area contributed by atoms with E-state index in [0.29, 0.717) is 10.8 Å². The molecular formula is C24H22Cl2N2O7S. The summed E-state index contributed by atoms with van der Waals surface area (Å²) in [5.41, 5.74) is 0.476. The third-order valence-corrected chi connectivity index (χ3v) is 7.35. The number of ether oxygens (including phenoxy) is 3. The first-order valence-electron chi connectivity index (χ1n) is 10.3. The summed E-state index contributed by atoms with van der Waals surface area (Å²) in [6.45, 7) is -0.589. The molecule has 1 amide bonds. The summed E-state index contributed by atoms with van der Waals surface area (Å²) in [5, 5.41) is 3.11. The van der Waals surface area contributed by atoms with Gasteiger partial charge in [0.15, 0.2) is 11.5 Å². The molecule has 9 nitrogen and oxygen atoms in total. The largest absolute Gasteiger partial charge is 0.493 e. The lowest BCUT2D eigenvalue weighted by atomic mass is 10.2. The summed E-state index contributed by atoms with van der Waals surface area (Å²) in [5.74, 6) is -0.811. The van der Waals surface area contributed by atoms with Crippen LogP contribution in [0.5, 0.6) is 11.5 Å². The molecule has 3 aromatic rings. The molecule has 0 spiro atoms. The van der Waals surface area contributed by atoms with E-state index in [0.717, 1.165) is 4.31 Å². The fourth-order valence-corrected chi connectivity index (χ4v) is 4.98. The molecule has 0 saturated carbocycles. The van der Waals surface area contributed by atoms with Crippen molar-refractivity contribution in [3.8, 4) is 11.5 Å². The molecular weight excluding hydrogens is 531 g/mol. The minimum atomic E-state index is -4.25. The van der Waals surface area contributed by atoms with E-state index in [1.54, 1.807) is 0 Å². The molecule has 3 rings (SSSR count). The quantitative estimate of drug-likeness (QED) is 0.385. The van der Waals surface area contributed by atoms with E-state index in [2.05, 4.69) is 10.1 Å². The lowest BCUT2D eigenvalue weighted by Gasteiger charge is -2.24. The summed E-state index contributed by atoms with van der Waals surface area (Å²) < 4.78 is 43.3. The van der Waals surface area contributed by atoms with Crippen molar-refractivity contribution in [3.05, 3.63) is 76.3 Å². The Morgan fingerprint density at radius 2 is 1.56 bits per heavy atom. The van der Waals surface area contributed by atoms with E-state index in [4.69, 9.17) is 32.7 Å². The first-order valence-corrected chi connectivity index (χ1v) is 12.5. The number of halogens is 2. The van der Waals surface area contributed by atoms with Gasteiger partial charge in [0, 0.05) is 16.8 Å². The number of benzene rings is 3. The number of amides is 1. The highest BCUT2D eigenvalue weighted by atomic mass is 35.5. The number of anilines is 2. The van der Waals surface area contributed by atoms with Crippen LogP contribution in [0.3, 0.4) is 0 Å². The van der Waals surface area contributed by atoms with Gasteiger partial charge in [0.05, 0.1) is 42.5 Å². The molecule has 0 atom stereocenters. The SMILES string of the molecule is COC(=O)c1cc(NC(=O)CN(c2ccc(Cl)cc2)S(=O)(=O)c2ccc(OC)c(OC)c2)ccc1Cl. The molecule has 0 aromatic heterocycles. The lowest BCUT2D eigenvalue weighted by molar-refractivity contribution is -0.114. The molecule has 0 aliphatic rings. The second-order valence-electron chi connectivity index (χ2n) is 7.24. The number of hydrogen-bond donors (Lipinski definition) is 1. The number of nitrogens with one attached hydrogen (secondary N) is 1. The van der Waals surface area contributed by atoms with Crippen molar-refractivity contribution in [2.75, 3.05) is 37.5 Å². The number of esters is 1. The predicted octanol–water partition coefficient (Wildman–Crippen LogP) is 4.63. The molecule has 3 aromatic carbocycles. The maximum Gasteiger partial charge on any atom is 0.339 e. The first-order chi connectivity index (χ1) is 17.1. The van der Waals surface area contributed by atoms with Gasteiger partial charge in [-0.2, -0.15) is 0 Å². The molecule has 1 N–H and O–H groups in total. The van der Waals surface area contributed by atoms with Gasteiger partial charge in [-0.1, -0.05) is 23.2 Å². The van der Waals surface area contributed by atoms with Crippen LogP contribution < -0.4 is 19.1 Å². The van der Waals surface area contributed by atoms with E-state index < -0.39 is 28.4 Å². The third-order valence-electron chi connectivity index (χ3n) is 5.00. The van der Waals surface area contributed by atoms with E-state index >= 15 is 0 Å². The molecule has 0 saturated heterocycles. The molecule has 12 heteroatoms. The Hall–Kier alpha value is -3.47. The van der Waals surface area contributed by atoms with Crippen molar-refractivity contribution in [3.63, 3.8) is 0 Å². The predicted molar refractivity (Wildman–Crippen MR) is 137 cm³/mol. The summed E-state index contributed by atoms with van der Waals surface area (Å²) in [6, 6.07) is 14.3. The van der Waals surface area contributed by atoms with E-state index in [-0.39, 0.29) is 32.6 Å². The number of nitrogens with zero attached hydrogens (tertiary/aromatic N) is 1. The van der Waals surface area contributed by atoms with Crippen molar-refractivity contribution in [1.82, 2.24) is 0 Å². The smallest absolute Gasteiger partial charge is 0.339 e. The van der Waals surface area contributed by atoms with E-state index in [9.17, 15) is 18.0 Å². The minimum absolute atomic E-state index is 0.0458. The van der Waals surface area contributed by atoms with Gasteiger partial charge in [0.1, 0.15) is 6.54 Å². The fourth-order valence-electron chi connectivity index (χ4n) is 3.23. The number of methoxy groups -OCH3 is 3. The topological polar surface area (TPSA) is 111 Å². The average molecular weight is 553 g/mol. The molecule has 36 heavy (non-hydrogen) atoms. The van der Waals surface area contributed by atoms with Gasteiger partial charge in [-0.25, -0.2) is 13.2 Å². The van der Waals surface area contributed by atoms with Crippen LogP contribution in [0.15, 0.2) is 65.6 Å². The van der Waals surface area contributed by atoms with Gasteiger partial charge in [0.25, 0.3) is 10.0 Å². The number of sulfonamides is 1. The minimum Gasteiger partial charge on any atom is -0.493 e. The Kier molecular flexibility index (Phi) is 8.67. The van der Waals surface area contributed by atoms with Crippen LogP contribution in [0.25, 0.3) is 0 Å². The van der Waals surface area contributed by atoms with Gasteiger partial charge in [-0.15, -0.1) is 0 Å². The molecule has 0 bridgehead atoms. The van der Waals surface area contributed by atoms with Crippen molar-refractivity contribution in [2.24, 2.45) is 0 Å². The maximum absolute atomic E-state index is 13.6. The second-order valence-corrected chi connectivity index (χ2v) is 9.95. The Labute approximate surface area is 218 Å². The summed E-state index contributed by atoms with van der Waals surface area (Å²) in [7, 11) is -0.233. The number of rotatable bonds is 9. The lowest BCUT2D eigenvalue weighted by Crippen LogP contribution is -2.38. The average Bonchev–Trinajstić information content (AvgIpc) is 2.88. The highest BCUT2D eigenvalue weighted by Crippen LogP contribution is 2.32. The van der Waals surface area contributed by atoms with Crippen LogP contribution in [0.1, 0.15) is 10.4 Å². The highest BCUT2D eigenvalue weighted by molar-refractivity contribution is 7.92. The molecule has 0 fully saturated rings. The van der Waals surface area contributed by atoms with Crippen LogP contribution in [0.2, 0.25) is 10.0 Å². The first kappa shape index (κ1) is 27.1. The molecule has 0 unspecified atom stereocenters.